The van der Waals surface area contributed by atoms with Crippen molar-refractivity contribution in [3.8, 4) is 0 Å². The Morgan fingerprint density at radius 2 is 1.89 bits per heavy atom. The number of benzene rings is 1. The van der Waals surface area contributed by atoms with E-state index in [0.717, 1.165) is 38.4 Å². The van der Waals surface area contributed by atoms with Gasteiger partial charge in [-0.15, -0.1) is 0 Å². The second kappa shape index (κ2) is 6.40. The van der Waals surface area contributed by atoms with Gasteiger partial charge < -0.3 is 0 Å². The highest BCUT2D eigenvalue weighted by atomic mass is 35.5. The van der Waals surface area contributed by atoms with Crippen LogP contribution in [-0.2, 0) is 11.2 Å². The number of carbonyl (C=O) groups is 1. The molecule has 2 rings (SSSR count). The fourth-order valence-corrected chi connectivity index (χ4v) is 2.84. The molecule has 1 saturated carbocycles. The first-order valence-corrected chi connectivity index (χ1v) is 7.02. The van der Waals surface area contributed by atoms with Gasteiger partial charge in [-0.2, -0.15) is 0 Å². The van der Waals surface area contributed by atoms with E-state index in [1.807, 2.05) is 18.2 Å². The fourth-order valence-electron chi connectivity index (χ4n) is 2.52. The molecule has 0 atom stereocenters. The van der Waals surface area contributed by atoms with E-state index in [0.29, 0.717) is 16.0 Å². The number of aldehydes is 1. The molecule has 1 fully saturated rings. The van der Waals surface area contributed by atoms with Gasteiger partial charge in [0.25, 0.3) is 0 Å². The summed E-state index contributed by atoms with van der Waals surface area (Å²) in [5.74, 6) is 0.686. The Kier molecular flexibility index (Phi) is 4.85. The molecule has 1 aliphatic rings. The van der Waals surface area contributed by atoms with Crippen LogP contribution in [0.3, 0.4) is 0 Å². The molecule has 0 spiro atoms. The maximum Gasteiger partial charge on any atom is 0.142 e. The third-order valence-electron chi connectivity index (χ3n) is 3.56. The van der Waals surface area contributed by atoms with E-state index in [1.165, 1.54) is 11.1 Å². The normalized spacial score (nSPS) is 19.7. The van der Waals surface area contributed by atoms with Crippen LogP contribution in [0.15, 0.2) is 29.8 Å². The summed E-state index contributed by atoms with van der Waals surface area (Å²) >= 11 is 11.9. The van der Waals surface area contributed by atoms with Crippen molar-refractivity contribution in [1.29, 1.82) is 0 Å². The zero-order valence-corrected chi connectivity index (χ0v) is 11.7. The second-order valence-electron chi connectivity index (χ2n) is 4.86. The average molecular weight is 283 g/mol. The second-order valence-corrected chi connectivity index (χ2v) is 5.67. The van der Waals surface area contributed by atoms with Crippen molar-refractivity contribution in [1.82, 2.24) is 0 Å². The average Bonchev–Trinajstić information content (AvgIpc) is 2.37. The van der Waals surface area contributed by atoms with E-state index in [4.69, 9.17) is 23.2 Å². The van der Waals surface area contributed by atoms with E-state index in [9.17, 15) is 4.79 Å². The van der Waals surface area contributed by atoms with Crippen molar-refractivity contribution < 1.29 is 4.79 Å². The maximum absolute atomic E-state index is 10.4. The SMILES string of the molecule is O=CC=C1CCC(Cc2ccc(Cl)c(Cl)c2)CC1. The molecule has 1 aromatic carbocycles. The molecule has 18 heavy (non-hydrogen) atoms. The zero-order chi connectivity index (χ0) is 13.0. The zero-order valence-electron chi connectivity index (χ0n) is 10.2. The van der Waals surface area contributed by atoms with E-state index in [2.05, 4.69) is 0 Å². The van der Waals surface area contributed by atoms with Gasteiger partial charge in [-0.05, 0) is 61.8 Å². The van der Waals surface area contributed by atoms with Crippen molar-refractivity contribution in [2.75, 3.05) is 0 Å². The number of halogens is 2. The van der Waals surface area contributed by atoms with Crippen LogP contribution in [0.4, 0.5) is 0 Å². The Hall–Kier alpha value is -0.790. The van der Waals surface area contributed by atoms with Gasteiger partial charge in [-0.3, -0.25) is 4.79 Å². The molecule has 0 aromatic heterocycles. The maximum atomic E-state index is 10.4. The molecule has 0 bridgehead atoms. The van der Waals surface area contributed by atoms with Crippen LogP contribution < -0.4 is 0 Å². The number of carbonyl (C=O) groups excluding carboxylic acids is 1. The molecule has 96 valence electrons. The summed E-state index contributed by atoms with van der Waals surface area (Å²) < 4.78 is 0. The van der Waals surface area contributed by atoms with Gasteiger partial charge in [-0.25, -0.2) is 0 Å². The minimum absolute atomic E-state index is 0.611. The Bertz CT molecular complexity index is 456. The predicted octanol–water partition coefficient (Wildman–Crippen LogP) is 4.85. The van der Waals surface area contributed by atoms with Gasteiger partial charge in [0.1, 0.15) is 6.29 Å². The summed E-state index contributed by atoms with van der Waals surface area (Å²) in [5, 5.41) is 1.24. The molecule has 0 radical (unpaired) electrons. The number of hydrogen-bond acceptors (Lipinski definition) is 1. The number of rotatable bonds is 3. The van der Waals surface area contributed by atoms with Crippen LogP contribution in [-0.4, -0.2) is 6.29 Å². The molecule has 0 unspecified atom stereocenters. The summed E-state index contributed by atoms with van der Waals surface area (Å²) in [7, 11) is 0. The van der Waals surface area contributed by atoms with Crippen molar-refractivity contribution in [3.63, 3.8) is 0 Å². The first-order valence-electron chi connectivity index (χ1n) is 6.26. The minimum atomic E-state index is 0.611. The molecule has 1 nitrogen and oxygen atoms in total. The molecule has 1 aliphatic carbocycles. The van der Waals surface area contributed by atoms with Gasteiger partial charge in [0, 0.05) is 0 Å². The van der Waals surface area contributed by atoms with Crippen LogP contribution >= 0.6 is 23.2 Å². The van der Waals surface area contributed by atoms with Crippen molar-refractivity contribution in [2.24, 2.45) is 5.92 Å². The van der Waals surface area contributed by atoms with Gasteiger partial charge in [0.05, 0.1) is 10.0 Å². The summed E-state index contributed by atoms with van der Waals surface area (Å²) in [6.07, 6.45) is 8.06. The van der Waals surface area contributed by atoms with Crippen LogP contribution in [0.2, 0.25) is 10.0 Å². The Balaban J connectivity index is 1.93. The first kappa shape index (κ1) is 13.6. The lowest BCUT2D eigenvalue weighted by atomic mass is 9.82. The van der Waals surface area contributed by atoms with Gasteiger partial charge >= 0.3 is 0 Å². The molecular weight excluding hydrogens is 267 g/mol. The molecule has 0 aliphatic heterocycles. The lowest BCUT2D eigenvalue weighted by Crippen LogP contribution is -2.11. The van der Waals surface area contributed by atoms with Crippen LogP contribution in [0.25, 0.3) is 0 Å². The van der Waals surface area contributed by atoms with Gasteiger partial charge in [-0.1, -0.05) is 34.8 Å². The monoisotopic (exact) mass is 282 g/mol. The number of hydrogen-bond donors (Lipinski definition) is 0. The molecule has 0 N–H and O–H groups in total. The third-order valence-corrected chi connectivity index (χ3v) is 4.30. The molecule has 0 heterocycles. The highest BCUT2D eigenvalue weighted by Gasteiger charge is 2.17. The van der Waals surface area contributed by atoms with E-state index < -0.39 is 0 Å². The van der Waals surface area contributed by atoms with E-state index in [-0.39, 0.29) is 0 Å². The van der Waals surface area contributed by atoms with Crippen molar-refractivity contribution >= 4 is 29.5 Å². The van der Waals surface area contributed by atoms with Crippen molar-refractivity contribution in [2.45, 2.75) is 32.1 Å². The summed E-state index contributed by atoms with van der Waals surface area (Å²) in [6.45, 7) is 0. The molecule has 0 saturated heterocycles. The molecular formula is C15H16Cl2O. The highest BCUT2D eigenvalue weighted by molar-refractivity contribution is 6.42. The molecule has 0 amide bonds. The number of allylic oxidation sites excluding steroid dienone is 2. The van der Waals surface area contributed by atoms with Crippen LogP contribution in [0.5, 0.6) is 0 Å². The lowest BCUT2D eigenvalue weighted by molar-refractivity contribution is -0.104. The van der Waals surface area contributed by atoms with Crippen LogP contribution in [0.1, 0.15) is 31.2 Å². The Morgan fingerprint density at radius 1 is 1.17 bits per heavy atom. The Morgan fingerprint density at radius 3 is 2.50 bits per heavy atom. The molecule has 3 heteroatoms. The lowest BCUT2D eigenvalue weighted by Gasteiger charge is -2.23. The fraction of sp³-hybridized carbons (Fsp3) is 0.400. The third kappa shape index (κ3) is 3.60. The summed E-state index contributed by atoms with van der Waals surface area (Å²) in [4.78, 5) is 10.4. The van der Waals surface area contributed by atoms with E-state index in [1.54, 1.807) is 6.08 Å². The highest BCUT2D eigenvalue weighted by Crippen LogP contribution is 2.31. The summed E-state index contributed by atoms with van der Waals surface area (Å²) in [5.41, 5.74) is 2.53. The topological polar surface area (TPSA) is 17.1 Å². The van der Waals surface area contributed by atoms with E-state index >= 15 is 0 Å². The quantitative estimate of drug-likeness (QED) is 0.572. The van der Waals surface area contributed by atoms with Gasteiger partial charge in [0.15, 0.2) is 0 Å². The van der Waals surface area contributed by atoms with Crippen LogP contribution in [0, 0.1) is 5.92 Å². The first-order chi connectivity index (χ1) is 8.69. The smallest absolute Gasteiger partial charge is 0.142 e. The largest absolute Gasteiger partial charge is 0.299 e. The predicted molar refractivity (Wildman–Crippen MR) is 76.3 cm³/mol. The summed E-state index contributed by atoms with van der Waals surface area (Å²) in [6, 6.07) is 5.87. The standard InChI is InChI=1S/C15H16Cl2O/c16-14-6-5-13(10-15(14)17)9-12-3-1-11(2-4-12)7-8-18/h5-8,10,12H,1-4,9H2. The molecule has 1 aromatic rings. The Labute approximate surface area is 118 Å². The van der Waals surface area contributed by atoms with Crippen molar-refractivity contribution in [3.05, 3.63) is 45.5 Å². The minimum Gasteiger partial charge on any atom is -0.299 e. The van der Waals surface area contributed by atoms with Gasteiger partial charge in [0.2, 0.25) is 0 Å².